The van der Waals surface area contributed by atoms with Gasteiger partial charge in [-0.05, 0) is 43.4 Å². The van der Waals surface area contributed by atoms with E-state index in [9.17, 15) is 9.90 Å². The van der Waals surface area contributed by atoms with Crippen LogP contribution in [0, 0.1) is 5.41 Å². The first-order valence-corrected chi connectivity index (χ1v) is 7.93. The molecule has 0 heterocycles. The van der Waals surface area contributed by atoms with Gasteiger partial charge >= 0.3 is 5.97 Å². The third-order valence-corrected chi connectivity index (χ3v) is 4.96. The van der Waals surface area contributed by atoms with E-state index in [0.717, 1.165) is 18.5 Å². The third-order valence-electron chi connectivity index (χ3n) is 4.96. The second-order valence-corrected chi connectivity index (χ2v) is 6.94. The zero-order chi connectivity index (χ0) is 15.5. The molecule has 1 aromatic rings. The van der Waals surface area contributed by atoms with Crippen molar-refractivity contribution in [1.82, 2.24) is 4.90 Å². The molecule has 1 aliphatic rings. The maximum Gasteiger partial charge on any atom is 0.335 e. The number of benzene rings is 1. The van der Waals surface area contributed by atoms with E-state index in [-0.39, 0.29) is 0 Å². The molecule has 1 fully saturated rings. The first kappa shape index (κ1) is 16.0. The Labute approximate surface area is 128 Å². The van der Waals surface area contributed by atoms with Crippen LogP contribution in [-0.2, 0) is 6.42 Å². The molecule has 1 unspecified atom stereocenters. The van der Waals surface area contributed by atoms with E-state index in [4.69, 9.17) is 0 Å². The highest BCUT2D eigenvalue weighted by molar-refractivity contribution is 5.89. The van der Waals surface area contributed by atoms with E-state index in [1.165, 1.54) is 25.7 Å². The summed E-state index contributed by atoms with van der Waals surface area (Å²) in [5.74, 6) is -0.828. The van der Waals surface area contributed by atoms with Crippen LogP contribution in [0.1, 0.15) is 55.5 Å². The van der Waals surface area contributed by atoms with Crippen LogP contribution in [-0.4, -0.2) is 35.6 Å². The first-order chi connectivity index (χ1) is 9.92. The lowest BCUT2D eigenvalue weighted by molar-refractivity contribution is 0.0672. The summed E-state index contributed by atoms with van der Waals surface area (Å²) in [6, 6.07) is 7.95. The van der Waals surface area contributed by atoms with Gasteiger partial charge in [0.2, 0.25) is 0 Å². The second kappa shape index (κ2) is 6.61. The van der Waals surface area contributed by atoms with E-state index in [1.54, 1.807) is 12.1 Å². The van der Waals surface area contributed by atoms with Gasteiger partial charge in [-0.15, -0.1) is 0 Å². The Balaban J connectivity index is 2.01. The van der Waals surface area contributed by atoms with Crippen molar-refractivity contribution in [2.75, 3.05) is 13.6 Å². The summed E-state index contributed by atoms with van der Waals surface area (Å²) in [5, 5.41) is 9.25. The van der Waals surface area contributed by atoms with E-state index in [0.29, 0.717) is 17.0 Å². The summed E-state index contributed by atoms with van der Waals surface area (Å²) >= 11 is 0. The summed E-state index contributed by atoms with van der Waals surface area (Å²) in [4.78, 5) is 13.7. The standard InChI is InChI=1S/C18H27NO2/c1-18(2)12-7-6-10-16(18)19(3)13-11-14-8-4-5-9-15(14)17(20)21/h4-5,8-9,16H,6-7,10-13H2,1-3H3,(H,20,21). The van der Waals surface area contributed by atoms with Crippen molar-refractivity contribution in [2.45, 2.75) is 52.0 Å². The van der Waals surface area contributed by atoms with Crippen LogP contribution in [0.25, 0.3) is 0 Å². The molecular formula is C18H27NO2. The summed E-state index contributed by atoms with van der Waals surface area (Å²) < 4.78 is 0. The minimum Gasteiger partial charge on any atom is -0.478 e. The van der Waals surface area contributed by atoms with Crippen LogP contribution in [0.5, 0.6) is 0 Å². The Hall–Kier alpha value is -1.35. The molecule has 1 N–H and O–H groups in total. The van der Waals surface area contributed by atoms with Gasteiger partial charge in [0.1, 0.15) is 0 Å². The van der Waals surface area contributed by atoms with Gasteiger partial charge in [-0.2, -0.15) is 0 Å². The maximum absolute atomic E-state index is 11.3. The van der Waals surface area contributed by atoms with Crippen LogP contribution < -0.4 is 0 Å². The molecule has 0 aliphatic heterocycles. The molecule has 1 aliphatic carbocycles. The quantitative estimate of drug-likeness (QED) is 0.895. The highest BCUT2D eigenvalue weighted by Crippen LogP contribution is 2.38. The number of carboxylic acid groups (broad SMARTS) is 1. The fourth-order valence-electron chi connectivity index (χ4n) is 3.69. The van der Waals surface area contributed by atoms with Gasteiger partial charge in [-0.3, -0.25) is 0 Å². The van der Waals surface area contributed by atoms with Gasteiger partial charge in [0.05, 0.1) is 5.56 Å². The Morgan fingerprint density at radius 2 is 2.05 bits per heavy atom. The highest BCUT2D eigenvalue weighted by Gasteiger charge is 2.34. The van der Waals surface area contributed by atoms with Crippen molar-refractivity contribution in [1.29, 1.82) is 0 Å². The van der Waals surface area contributed by atoms with Gasteiger partial charge in [0.15, 0.2) is 0 Å². The SMILES string of the molecule is CN(CCc1ccccc1C(=O)O)C1CCCCC1(C)C. The van der Waals surface area contributed by atoms with Gasteiger partial charge < -0.3 is 10.0 Å². The van der Waals surface area contributed by atoms with Gasteiger partial charge in [-0.25, -0.2) is 4.79 Å². The van der Waals surface area contributed by atoms with E-state index < -0.39 is 5.97 Å². The molecule has 3 nitrogen and oxygen atoms in total. The number of aromatic carboxylic acids is 1. The fourth-order valence-corrected chi connectivity index (χ4v) is 3.69. The molecule has 0 aromatic heterocycles. The fraction of sp³-hybridized carbons (Fsp3) is 0.611. The lowest BCUT2D eigenvalue weighted by atomic mass is 9.72. The first-order valence-electron chi connectivity index (χ1n) is 7.93. The third kappa shape index (κ3) is 3.85. The molecular weight excluding hydrogens is 262 g/mol. The number of carboxylic acids is 1. The smallest absolute Gasteiger partial charge is 0.335 e. The lowest BCUT2D eigenvalue weighted by Gasteiger charge is -2.44. The summed E-state index contributed by atoms with van der Waals surface area (Å²) in [6.45, 7) is 5.63. The van der Waals surface area contributed by atoms with Crippen molar-refractivity contribution in [3.63, 3.8) is 0 Å². The minimum absolute atomic E-state index is 0.360. The lowest BCUT2D eigenvalue weighted by Crippen LogP contribution is -2.45. The van der Waals surface area contributed by atoms with Crippen molar-refractivity contribution >= 4 is 5.97 Å². The Morgan fingerprint density at radius 3 is 2.71 bits per heavy atom. The number of likely N-dealkylation sites (N-methyl/N-ethyl adjacent to an activating group) is 1. The predicted octanol–water partition coefficient (Wildman–Crippen LogP) is 3.83. The zero-order valence-corrected chi connectivity index (χ0v) is 13.4. The predicted molar refractivity (Wildman–Crippen MR) is 85.8 cm³/mol. The van der Waals surface area contributed by atoms with Crippen LogP contribution >= 0.6 is 0 Å². The van der Waals surface area contributed by atoms with Crippen LogP contribution in [0.2, 0.25) is 0 Å². The average molecular weight is 289 g/mol. The maximum atomic E-state index is 11.3. The Bertz CT molecular complexity index is 496. The molecule has 21 heavy (non-hydrogen) atoms. The molecule has 1 atom stereocenters. The number of rotatable bonds is 5. The van der Waals surface area contributed by atoms with Crippen molar-refractivity contribution in [3.05, 3.63) is 35.4 Å². The highest BCUT2D eigenvalue weighted by atomic mass is 16.4. The zero-order valence-electron chi connectivity index (χ0n) is 13.4. The van der Waals surface area contributed by atoms with Gasteiger partial charge in [-0.1, -0.05) is 44.9 Å². The summed E-state index contributed by atoms with van der Waals surface area (Å²) in [5.41, 5.74) is 1.73. The molecule has 0 bridgehead atoms. The van der Waals surface area contributed by atoms with Crippen molar-refractivity contribution < 1.29 is 9.90 Å². The Morgan fingerprint density at radius 1 is 1.33 bits per heavy atom. The van der Waals surface area contributed by atoms with Crippen molar-refractivity contribution in [3.8, 4) is 0 Å². The van der Waals surface area contributed by atoms with Gasteiger partial charge in [0.25, 0.3) is 0 Å². The molecule has 0 spiro atoms. The Kier molecular flexibility index (Phi) is 5.04. The van der Waals surface area contributed by atoms with Gasteiger partial charge in [0, 0.05) is 12.6 Å². The van der Waals surface area contributed by atoms with Crippen LogP contribution in [0.4, 0.5) is 0 Å². The van der Waals surface area contributed by atoms with Crippen LogP contribution in [0.3, 0.4) is 0 Å². The number of carbonyl (C=O) groups is 1. The molecule has 1 aromatic carbocycles. The average Bonchev–Trinajstić information content (AvgIpc) is 2.44. The molecule has 1 saturated carbocycles. The minimum atomic E-state index is -0.828. The number of hydrogen-bond acceptors (Lipinski definition) is 2. The molecule has 2 rings (SSSR count). The van der Waals surface area contributed by atoms with Crippen molar-refractivity contribution in [2.24, 2.45) is 5.41 Å². The molecule has 3 heteroatoms. The monoisotopic (exact) mass is 289 g/mol. The van der Waals surface area contributed by atoms with E-state index >= 15 is 0 Å². The largest absolute Gasteiger partial charge is 0.478 e. The summed E-state index contributed by atoms with van der Waals surface area (Å²) in [6.07, 6.45) is 5.98. The van der Waals surface area contributed by atoms with E-state index in [1.807, 2.05) is 12.1 Å². The second-order valence-electron chi connectivity index (χ2n) is 6.94. The molecule has 0 radical (unpaired) electrons. The number of hydrogen-bond donors (Lipinski definition) is 1. The molecule has 0 amide bonds. The van der Waals surface area contributed by atoms with Crippen LogP contribution in [0.15, 0.2) is 24.3 Å². The summed E-state index contributed by atoms with van der Waals surface area (Å²) in [7, 11) is 2.18. The molecule has 0 saturated heterocycles. The van der Waals surface area contributed by atoms with E-state index in [2.05, 4.69) is 25.8 Å². The molecule has 116 valence electrons. The normalized spacial score (nSPS) is 21.4. The number of nitrogens with zero attached hydrogens (tertiary/aromatic N) is 1. The topological polar surface area (TPSA) is 40.5 Å².